The summed E-state index contributed by atoms with van der Waals surface area (Å²) in [7, 11) is 0. The van der Waals surface area contributed by atoms with E-state index in [1.54, 1.807) is 6.20 Å². The number of aromatic hydroxyl groups is 1. The van der Waals surface area contributed by atoms with Crippen LogP contribution in [0.3, 0.4) is 0 Å². The monoisotopic (exact) mass is 271 g/mol. The second-order valence-electron chi connectivity index (χ2n) is 3.65. The highest BCUT2D eigenvalue weighted by Crippen LogP contribution is 2.25. The number of aliphatic imine (C=N–C) groups is 1. The number of nitrogens with zero attached hydrogens (tertiary/aromatic N) is 3. The van der Waals surface area contributed by atoms with Crippen LogP contribution in [0.1, 0.15) is 5.69 Å². The molecule has 0 aliphatic rings. The van der Waals surface area contributed by atoms with Crippen molar-refractivity contribution < 1.29 is 9.52 Å². The molecule has 3 aromatic rings. The molecule has 0 fully saturated rings. The normalized spacial score (nSPS) is 11.2. The summed E-state index contributed by atoms with van der Waals surface area (Å²) in [5.74, 6) is 0.109. The first kappa shape index (κ1) is 11.6. The minimum atomic E-state index is -0.251. The third kappa shape index (κ3) is 2.53. The summed E-state index contributed by atoms with van der Waals surface area (Å²) in [6, 6.07) is 9.36. The Bertz CT molecular complexity index is 690. The van der Waals surface area contributed by atoms with E-state index >= 15 is 0 Å². The molecular formula is C13H9N3O2S. The van der Waals surface area contributed by atoms with Crippen LogP contribution >= 0.6 is 11.3 Å². The maximum absolute atomic E-state index is 9.68. The van der Waals surface area contributed by atoms with Gasteiger partial charge in [-0.15, -0.1) is 11.3 Å². The van der Waals surface area contributed by atoms with Crippen LogP contribution in [0.25, 0.3) is 11.5 Å². The Labute approximate surface area is 112 Å². The highest BCUT2D eigenvalue weighted by Gasteiger charge is 2.11. The number of oxazole rings is 1. The summed E-state index contributed by atoms with van der Waals surface area (Å²) in [5, 5.41) is 12.1. The maximum Gasteiger partial charge on any atom is 0.312 e. The van der Waals surface area contributed by atoms with E-state index in [1.165, 1.54) is 17.6 Å². The van der Waals surface area contributed by atoms with Gasteiger partial charge in [0.2, 0.25) is 11.0 Å². The molecule has 0 spiro atoms. The average Bonchev–Trinajstić information content (AvgIpc) is 3.07. The average molecular weight is 271 g/mol. The van der Waals surface area contributed by atoms with Crippen molar-refractivity contribution in [2.24, 2.45) is 4.99 Å². The predicted octanol–water partition coefficient (Wildman–Crippen LogP) is 3.25. The maximum atomic E-state index is 9.68. The van der Waals surface area contributed by atoms with Crippen molar-refractivity contribution in [3.05, 3.63) is 47.6 Å². The van der Waals surface area contributed by atoms with Gasteiger partial charge < -0.3 is 9.52 Å². The minimum Gasteiger partial charge on any atom is -0.479 e. The molecule has 5 nitrogen and oxygen atoms in total. The molecule has 0 bridgehead atoms. The number of hydrogen-bond acceptors (Lipinski definition) is 6. The topological polar surface area (TPSA) is 71.5 Å². The molecule has 19 heavy (non-hydrogen) atoms. The first-order valence-corrected chi connectivity index (χ1v) is 6.39. The molecule has 0 aliphatic carbocycles. The van der Waals surface area contributed by atoms with Crippen molar-refractivity contribution in [2.75, 3.05) is 0 Å². The molecule has 1 N–H and O–H groups in total. The summed E-state index contributed by atoms with van der Waals surface area (Å²) in [6.45, 7) is 0. The third-order valence-corrected chi connectivity index (χ3v) is 3.05. The van der Waals surface area contributed by atoms with Gasteiger partial charge in [0.15, 0.2) is 5.69 Å². The molecule has 2 aromatic heterocycles. The third-order valence-electron chi connectivity index (χ3n) is 2.37. The lowest BCUT2D eigenvalue weighted by Gasteiger charge is -1.91. The molecule has 0 radical (unpaired) electrons. The van der Waals surface area contributed by atoms with Crippen LogP contribution in [0.5, 0.6) is 5.95 Å². The van der Waals surface area contributed by atoms with E-state index in [-0.39, 0.29) is 11.6 Å². The van der Waals surface area contributed by atoms with Crippen LogP contribution in [0.4, 0.5) is 5.13 Å². The smallest absolute Gasteiger partial charge is 0.312 e. The van der Waals surface area contributed by atoms with Gasteiger partial charge in [-0.3, -0.25) is 0 Å². The number of thiazole rings is 1. The molecule has 0 unspecified atom stereocenters. The van der Waals surface area contributed by atoms with Crippen molar-refractivity contribution in [2.45, 2.75) is 0 Å². The van der Waals surface area contributed by atoms with E-state index in [9.17, 15) is 5.11 Å². The van der Waals surface area contributed by atoms with Gasteiger partial charge in [-0.2, -0.15) is 0 Å². The summed E-state index contributed by atoms with van der Waals surface area (Å²) in [4.78, 5) is 12.3. The van der Waals surface area contributed by atoms with E-state index < -0.39 is 0 Å². The van der Waals surface area contributed by atoms with Crippen molar-refractivity contribution in [3.63, 3.8) is 0 Å². The first-order chi connectivity index (χ1) is 9.33. The zero-order valence-corrected chi connectivity index (χ0v) is 10.5. The zero-order valence-electron chi connectivity index (χ0n) is 9.72. The van der Waals surface area contributed by atoms with Crippen molar-refractivity contribution >= 4 is 22.7 Å². The minimum absolute atomic E-state index is 0.251. The second kappa shape index (κ2) is 5.03. The standard InChI is InChI=1S/C13H9N3O2S/c17-12-10(8-15-13-14-6-7-19-13)16-11(18-12)9-4-2-1-3-5-9/h1-8,17H/b15-8+. The lowest BCUT2D eigenvalue weighted by atomic mass is 10.2. The molecule has 0 atom stereocenters. The van der Waals surface area contributed by atoms with E-state index in [1.807, 2.05) is 35.7 Å². The number of benzene rings is 1. The summed E-state index contributed by atoms with van der Waals surface area (Å²) in [6.07, 6.45) is 3.10. The lowest BCUT2D eigenvalue weighted by Crippen LogP contribution is -1.82. The fraction of sp³-hybridized carbons (Fsp3) is 0. The van der Waals surface area contributed by atoms with Gasteiger partial charge in [0.05, 0.1) is 6.21 Å². The van der Waals surface area contributed by atoms with Gasteiger partial charge in [0.25, 0.3) is 0 Å². The zero-order chi connectivity index (χ0) is 13.1. The fourth-order valence-electron chi connectivity index (χ4n) is 1.51. The van der Waals surface area contributed by atoms with Crippen molar-refractivity contribution in [1.29, 1.82) is 0 Å². The number of rotatable bonds is 3. The predicted molar refractivity (Wildman–Crippen MR) is 73.0 cm³/mol. The van der Waals surface area contributed by atoms with E-state index in [2.05, 4.69) is 15.0 Å². The fourth-order valence-corrected chi connectivity index (χ4v) is 1.99. The number of hydrogen-bond donors (Lipinski definition) is 1. The Kier molecular flexibility index (Phi) is 3.07. The molecule has 3 rings (SSSR count). The quantitative estimate of drug-likeness (QED) is 0.742. The van der Waals surface area contributed by atoms with E-state index in [0.717, 1.165) is 5.56 Å². The second-order valence-corrected chi connectivity index (χ2v) is 4.52. The molecular weight excluding hydrogens is 262 g/mol. The summed E-state index contributed by atoms with van der Waals surface area (Å²) >= 11 is 1.40. The molecule has 0 saturated heterocycles. The van der Waals surface area contributed by atoms with Gasteiger partial charge in [-0.25, -0.2) is 15.0 Å². The Hall–Kier alpha value is -2.47. The van der Waals surface area contributed by atoms with Crippen LogP contribution in [-0.2, 0) is 0 Å². The van der Waals surface area contributed by atoms with Crippen LogP contribution in [0.2, 0.25) is 0 Å². The SMILES string of the molecule is Oc1oc(-c2ccccc2)nc1/C=N/c1nccs1. The van der Waals surface area contributed by atoms with Gasteiger partial charge in [0.1, 0.15) is 0 Å². The molecule has 6 heteroatoms. The van der Waals surface area contributed by atoms with Crippen LogP contribution < -0.4 is 0 Å². The first-order valence-electron chi connectivity index (χ1n) is 5.52. The van der Waals surface area contributed by atoms with Gasteiger partial charge in [0, 0.05) is 17.1 Å². The Morgan fingerprint density at radius 2 is 2.11 bits per heavy atom. The number of aromatic nitrogens is 2. The molecule has 0 amide bonds. The largest absolute Gasteiger partial charge is 0.479 e. The Morgan fingerprint density at radius 1 is 1.26 bits per heavy atom. The highest BCUT2D eigenvalue weighted by molar-refractivity contribution is 7.13. The van der Waals surface area contributed by atoms with E-state index in [0.29, 0.717) is 11.0 Å². The van der Waals surface area contributed by atoms with Crippen molar-refractivity contribution in [1.82, 2.24) is 9.97 Å². The summed E-state index contributed by atoms with van der Waals surface area (Å²) < 4.78 is 5.21. The van der Waals surface area contributed by atoms with Gasteiger partial charge in [-0.1, -0.05) is 18.2 Å². The van der Waals surface area contributed by atoms with Gasteiger partial charge in [-0.05, 0) is 12.1 Å². The van der Waals surface area contributed by atoms with Crippen LogP contribution in [-0.4, -0.2) is 21.3 Å². The molecule has 0 saturated carbocycles. The van der Waals surface area contributed by atoms with Crippen molar-refractivity contribution in [3.8, 4) is 17.4 Å². The molecule has 2 heterocycles. The Morgan fingerprint density at radius 3 is 2.84 bits per heavy atom. The lowest BCUT2D eigenvalue weighted by molar-refractivity contribution is 0.337. The van der Waals surface area contributed by atoms with E-state index in [4.69, 9.17) is 4.42 Å². The molecule has 94 valence electrons. The Balaban J connectivity index is 1.90. The highest BCUT2D eigenvalue weighted by atomic mass is 32.1. The van der Waals surface area contributed by atoms with Gasteiger partial charge >= 0.3 is 5.95 Å². The van der Waals surface area contributed by atoms with Crippen LogP contribution in [0.15, 0.2) is 51.3 Å². The molecule has 0 aliphatic heterocycles. The summed E-state index contributed by atoms with van der Waals surface area (Å²) in [5.41, 5.74) is 1.08. The molecule has 1 aromatic carbocycles. The van der Waals surface area contributed by atoms with Crippen LogP contribution in [0, 0.1) is 0 Å².